The first-order valence-electron chi connectivity index (χ1n) is 7.96. The number of rotatable bonds is 5. The summed E-state index contributed by atoms with van der Waals surface area (Å²) in [5.41, 5.74) is 3.03. The van der Waals surface area contributed by atoms with Crippen LogP contribution >= 0.6 is 11.3 Å². The maximum Gasteiger partial charge on any atom is 0.300 e. The summed E-state index contributed by atoms with van der Waals surface area (Å²) in [6.45, 7) is 3.27. The van der Waals surface area contributed by atoms with E-state index in [0.717, 1.165) is 15.3 Å². The molecule has 0 fully saturated rings. The van der Waals surface area contributed by atoms with Gasteiger partial charge in [-0.1, -0.05) is 18.3 Å². The third-order valence-corrected chi connectivity index (χ3v) is 6.78. The first kappa shape index (κ1) is 19.1. The Morgan fingerprint density at radius 1 is 1.33 bits per heavy atom. The number of nitrogens with two attached hydrogens (primary N) is 1. The molecule has 2 amide bonds. The van der Waals surface area contributed by atoms with Gasteiger partial charge in [-0.05, 0) is 25.8 Å². The molecule has 0 unspecified atom stereocenters. The number of hydrogen-bond acceptors (Lipinski definition) is 9. The zero-order valence-corrected chi connectivity index (χ0v) is 16.1. The Balaban J connectivity index is 2.18. The van der Waals surface area contributed by atoms with Crippen LogP contribution in [-0.4, -0.2) is 39.4 Å². The normalized spacial score (nSPS) is 13.7. The molecule has 0 saturated heterocycles. The Hall–Kier alpha value is -2.64. The second-order valence-corrected chi connectivity index (χ2v) is 8.81. The minimum atomic E-state index is -4.11. The fourth-order valence-corrected chi connectivity index (χ4v) is 5.09. The average molecular weight is 411 g/mol. The van der Waals surface area contributed by atoms with Gasteiger partial charge in [-0.2, -0.15) is 8.42 Å². The van der Waals surface area contributed by atoms with Crippen molar-refractivity contribution in [3.8, 4) is 0 Å². The van der Waals surface area contributed by atoms with Gasteiger partial charge in [0.2, 0.25) is 11.9 Å². The lowest BCUT2D eigenvalue weighted by atomic mass is 10.00. The summed E-state index contributed by atoms with van der Waals surface area (Å²) in [6.07, 6.45) is 2.10. The largest absolute Gasteiger partial charge is 0.300 e. The molecule has 13 heteroatoms. The zero-order chi connectivity index (χ0) is 19.8. The molecule has 0 radical (unpaired) electrons. The van der Waals surface area contributed by atoms with Gasteiger partial charge >= 0.3 is 0 Å². The smallest absolute Gasteiger partial charge is 0.295 e. The van der Waals surface area contributed by atoms with Crippen LogP contribution in [0.3, 0.4) is 0 Å². The summed E-state index contributed by atoms with van der Waals surface area (Å²) >= 11 is 0.918. The van der Waals surface area contributed by atoms with E-state index >= 15 is 0 Å². The third kappa shape index (κ3) is 3.48. The predicted octanol–water partition coefficient (Wildman–Crippen LogP) is -0.0520. The van der Waals surface area contributed by atoms with Crippen molar-refractivity contribution in [3.05, 3.63) is 22.0 Å². The van der Waals surface area contributed by atoms with Gasteiger partial charge in [-0.25, -0.2) is 14.8 Å². The number of hydrazine groups is 1. The Morgan fingerprint density at radius 2 is 2.07 bits per heavy atom. The minimum absolute atomic E-state index is 0.145. The second-order valence-electron chi connectivity index (χ2n) is 5.67. The lowest BCUT2D eigenvalue weighted by Gasteiger charge is -2.14. The van der Waals surface area contributed by atoms with Crippen molar-refractivity contribution in [2.45, 2.75) is 37.4 Å². The first-order chi connectivity index (χ1) is 12.8. The van der Waals surface area contributed by atoms with E-state index in [4.69, 9.17) is 5.84 Å². The number of amides is 2. The van der Waals surface area contributed by atoms with Gasteiger partial charge in [0.25, 0.3) is 20.3 Å². The van der Waals surface area contributed by atoms with E-state index in [1.165, 1.54) is 6.08 Å². The fraction of sp³-hybridized carbons (Fsp3) is 0.357. The molecule has 0 atom stereocenters. The molecule has 0 aromatic carbocycles. The van der Waals surface area contributed by atoms with Crippen molar-refractivity contribution in [2.24, 2.45) is 5.84 Å². The number of aromatic nitrogens is 4. The molecule has 0 spiro atoms. The van der Waals surface area contributed by atoms with Crippen LogP contribution in [0.1, 0.15) is 36.2 Å². The molecular formula is C14H17N7O4S2. The maximum atomic E-state index is 13.1. The van der Waals surface area contributed by atoms with Crippen molar-refractivity contribution in [1.29, 1.82) is 0 Å². The Bertz CT molecular complexity index is 1050. The first-order valence-corrected chi connectivity index (χ1v) is 10.2. The Labute approximate surface area is 158 Å². The van der Waals surface area contributed by atoms with Crippen LogP contribution in [0.2, 0.25) is 0 Å². The molecule has 27 heavy (non-hydrogen) atoms. The van der Waals surface area contributed by atoms with Crippen molar-refractivity contribution in [2.75, 3.05) is 5.32 Å². The van der Waals surface area contributed by atoms with Crippen molar-refractivity contribution < 1.29 is 18.0 Å². The summed E-state index contributed by atoms with van der Waals surface area (Å²) in [5, 5.41) is 10.4. The van der Waals surface area contributed by atoms with E-state index in [1.807, 2.05) is 5.43 Å². The van der Waals surface area contributed by atoms with E-state index in [9.17, 15) is 18.0 Å². The van der Waals surface area contributed by atoms with Crippen molar-refractivity contribution >= 4 is 45.2 Å². The van der Waals surface area contributed by atoms with Crippen molar-refractivity contribution in [3.63, 3.8) is 0 Å². The number of aryl methyl sites for hydroxylation is 1. The molecule has 2 aromatic rings. The summed E-state index contributed by atoms with van der Waals surface area (Å²) in [6, 6.07) is 0. The number of hydrogen-bond donors (Lipinski definition) is 3. The van der Waals surface area contributed by atoms with Crippen LogP contribution in [0.15, 0.2) is 9.91 Å². The molecular weight excluding hydrogens is 394 g/mol. The number of nitrogens with zero attached hydrogens (tertiary/aromatic N) is 4. The van der Waals surface area contributed by atoms with Gasteiger partial charge in [0, 0.05) is 12.0 Å². The van der Waals surface area contributed by atoms with Crippen LogP contribution in [0.25, 0.3) is 6.08 Å². The molecule has 0 bridgehead atoms. The molecule has 1 aliphatic carbocycles. The average Bonchev–Trinajstić information content (AvgIpc) is 3.24. The number of carbonyl (C=O) groups excluding carboxylic acids is 2. The highest BCUT2D eigenvalue weighted by atomic mass is 32.2. The molecule has 0 aliphatic heterocycles. The number of imidazole rings is 1. The van der Waals surface area contributed by atoms with E-state index in [0.29, 0.717) is 16.3 Å². The lowest BCUT2D eigenvalue weighted by Crippen LogP contribution is -2.32. The molecule has 144 valence electrons. The van der Waals surface area contributed by atoms with Gasteiger partial charge in [-0.15, -0.1) is 10.2 Å². The summed E-state index contributed by atoms with van der Waals surface area (Å²) < 4.78 is 27.0. The number of nitrogens with one attached hydrogen (secondary N) is 2. The minimum Gasteiger partial charge on any atom is -0.295 e. The van der Waals surface area contributed by atoms with Crippen LogP contribution in [0.5, 0.6) is 0 Å². The zero-order valence-electron chi connectivity index (χ0n) is 14.5. The molecule has 3 rings (SSSR count). The lowest BCUT2D eigenvalue weighted by molar-refractivity contribution is -0.117. The van der Waals surface area contributed by atoms with E-state index in [2.05, 4.69) is 20.5 Å². The van der Waals surface area contributed by atoms with Gasteiger partial charge < -0.3 is 0 Å². The molecule has 1 aliphatic rings. The van der Waals surface area contributed by atoms with E-state index in [-0.39, 0.29) is 35.2 Å². The number of carbonyl (C=O) groups is 2. The van der Waals surface area contributed by atoms with Gasteiger partial charge in [-0.3, -0.25) is 20.3 Å². The van der Waals surface area contributed by atoms with Gasteiger partial charge in [0.1, 0.15) is 5.01 Å². The third-order valence-electron chi connectivity index (χ3n) is 3.87. The summed E-state index contributed by atoms with van der Waals surface area (Å²) in [7, 11) is -4.11. The second kappa shape index (κ2) is 7.17. The van der Waals surface area contributed by atoms with E-state index < -0.39 is 21.8 Å². The maximum absolute atomic E-state index is 13.1. The van der Waals surface area contributed by atoms with Crippen LogP contribution in [-0.2, 0) is 26.0 Å². The molecule has 11 nitrogen and oxygen atoms in total. The van der Waals surface area contributed by atoms with E-state index in [1.54, 1.807) is 13.8 Å². The SMILES string of the molecule is CCC(=O)Nc1nc2c(n1S(=O)(=O)c1nnc(C)s1)CCC(C(=O)NN)=C2. The Morgan fingerprint density at radius 3 is 2.67 bits per heavy atom. The topological polar surface area (TPSA) is 162 Å². The highest BCUT2D eigenvalue weighted by Gasteiger charge is 2.32. The monoisotopic (exact) mass is 411 g/mol. The number of anilines is 1. The molecule has 0 saturated carbocycles. The molecule has 4 N–H and O–H groups in total. The molecule has 2 heterocycles. The highest BCUT2D eigenvalue weighted by molar-refractivity contribution is 7.92. The summed E-state index contributed by atoms with van der Waals surface area (Å²) in [5.74, 6) is 4.14. The number of fused-ring (bicyclic) bond motifs is 1. The Kier molecular flexibility index (Phi) is 5.08. The molecule has 2 aromatic heterocycles. The quantitative estimate of drug-likeness (QED) is 0.350. The van der Waals surface area contributed by atoms with Gasteiger partial charge in [0.15, 0.2) is 0 Å². The van der Waals surface area contributed by atoms with Gasteiger partial charge in [0.05, 0.1) is 11.4 Å². The predicted molar refractivity (Wildman–Crippen MR) is 97.0 cm³/mol. The van der Waals surface area contributed by atoms with Crippen LogP contribution in [0.4, 0.5) is 5.95 Å². The van der Waals surface area contributed by atoms with Crippen molar-refractivity contribution in [1.82, 2.24) is 24.6 Å². The highest BCUT2D eigenvalue weighted by Crippen LogP contribution is 2.31. The fourth-order valence-electron chi connectivity index (χ4n) is 2.57. The van der Waals surface area contributed by atoms with Crippen LogP contribution < -0.4 is 16.6 Å². The standard InChI is InChI=1S/C14H17N7O4S2/c1-3-11(22)17-13-16-9-6-8(12(23)18-15)4-5-10(9)21(13)27(24,25)14-20-19-7(2)26-14/h6H,3-5,15H2,1-2H3,(H,18,23)(H,16,17,22). The van der Waals surface area contributed by atoms with Crippen LogP contribution in [0, 0.1) is 6.92 Å². The summed E-state index contributed by atoms with van der Waals surface area (Å²) in [4.78, 5) is 27.8.